The molecule has 3 nitrogen and oxygen atoms in total. The molecule has 21 heavy (non-hydrogen) atoms. The van der Waals surface area contributed by atoms with Gasteiger partial charge in [-0.05, 0) is 75.9 Å². The fourth-order valence-electron chi connectivity index (χ4n) is 3.43. The molecule has 116 valence electrons. The maximum absolute atomic E-state index is 6.24. The number of benzene rings is 1. The summed E-state index contributed by atoms with van der Waals surface area (Å²) in [4.78, 5) is 2.54. The molecule has 0 unspecified atom stereocenters. The molecule has 3 rings (SSSR count). The Bertz CT molecular complexity index is 464. The van der Waals surface area contributed by atoms with Crippen molar-refractivity contribution in [1.82, 2.24) is 10.2 Å². The van der Waals surface area contributed by atoms with E-state index in [1.54, 1.807) is 0 Å². The minimum Gasteiger partial charge on any atom is -0.490 e. The number of hydrogen-bond acceptors (Lipinski definition) is 3. The zero-order chi connectivity index (χ0) is 14.7. The van der Waals surface area contributed by atoms with Crippen LogP contribution in [0.15, 0.2) is 18.2 Å². The van der Waals surface area contributed by atoms with Crippen molar-refractivity contribution >= 4 is 0 Å². The minimum absolute atomic E-state index is 0.391. The number of nitrogens with one attached hydrogen (secondary N) is 1. The molecule has 0 radical (unpaired) electrons. The lowest BCUT2D eigenvalue weighted by atomic mass is 10.0. The summed E-state index contributed by atoms with van der Waals surface area (Å²) in [6.07, 6.45) is 4.95. The van der Waals surface area contributed by atoms with Crippen LogP contribution in [-0.4, -0.2) is 43.2 Å². The summed E-state index contributed by atoms with van der Waals surface area (Å²) in [5.74, 6) is 1.07. The van der Waals surface area contributed by atoms with E-state index >= 15 is 0 Å². The van der Waals surface area contributed by atoms with E-state index in [1.165, 1.54) is 11.1 Å². The van der Waals surface area contributed by atoms with Crippen LogP contribution in [0.2, 0.25) is 0 Å². The zero-order valence-electron chi connectivity index (χ0n) is 13.4. The zero-order valence-corrected chi connectivity index (χ0v) is 13.4. The minimum atomic E-state index is 0.391. The lowest BCUT2D eigenvalue weighted by Gasteiger charge is -2.34. The van der Waals surface area contributed by atoms with Crippen molar-refractivity contribution in [2.75, 3.05) is 26.2 Å². The monoisotopic (exact) mass is 288 g/mol. The Hall–Kier alpha value is -1.06. The molecule has 1 N–H and O–H groups in total. The number of rotatable bonds is 3. The first kappa shape index (κ1) is 14.9. The fourth-order valence-corrected chi connectivity index (χ4v) is 3.43. The van der Waals surface area contributed by atoms with E-state index in [2.05, 4.69) is 42.3 Å². The normalized spacial score (nSPS) is 21.1. The molecule has 1 aromatic rings. The van der Waals surface area contributed by atoms with E-state index in [4.69, 9.17) is 4.74 Å². The highest BCUT2D eigenvalue weighted by molar-refractivity contribution is 5.37. The quantitative estimate of drug-likeness (QED) is 0.925. The summed E-state index contributed by atoms with van der Waals surface area (Å²) in [5.41, 5.74) is 2.96. The number of hydrogen-bond donors (Lipinski definition) is 1. The molecule has 2 aliphatic rings. The number of nitrogens with zero attached hydrogens (tertiary/aromatic N) is 1. The van der Waals surface area contributed by atoms with Gasteiger partial charge in [-0.2, -0.15) is 0 Å². The molecule has 0 bridgehead atoms. The Kier molecular flexibility index (Phi) is 4.81. The molecule has 0 aromatic heterocycles. The van der Waals surface area contributed by atoms with Crippen LogP contribution in [0.4, 0.5) is 0 Å². The second kappa shape index (κ2) is 6.80. The van der Waals surface area contributed by atoms with Gasteiger partial charge in [-0.15, -0.1) is 0 Å². The summed E-state index contributed by atoms with van der Waals surface area (Å²) in [5, 5.41) is 3.46. The predicted molar refractivity (Wildman–Crippen MR) is 87.1 cm³/mol. The van der Waals surface area contributed by atoms with Gasteiger partial charge in [0.15, 0.2) is 0 Å². The highest BCUT2D eigenvalue weighted by Crippen LogP contribution is 2.24. The number of ether oxygens (including phenoxy) is 1. The van der Waals surface area contributed by atoms with E-state index in [9.17, 15) is 0 Å². The molecule has 0 atom stereocenters. The van der Waals surface area contributed by atoms with Gasteiger partial charge in [-0.25, -0.2) is 0 Å². The number of piperidine rings is 1. The number of fused-ring (bicyclic) bond motifs is 1. The van der Waals surface area contributed by atoms with Crippen molar-refractivity contribution in [2.24, 2.45) is 0 Å². The van der Waals surface area contributed by atoms with E-state index in [0.717, 1.165) is 57.6 Å². The van der Waals surface area contributed by atoms with Crippen molar-refractivity contribution in [3.8, 4) is 5.75 Å². The van der Waals surface area contributed by atoms with Crippen molar-refractivity contribution in [2.45, 2.75) is 51.7 Å². The fraction of sp³-hybridized carbons (Fsp3) is 0.667. The van der Waals surface area contributed by atoms with Crippen LogP contribution in [0.3, 0.4) is 0 Å². The van der Waals surface area contributed by atoms with Crippen LogP contribution in [0.1, 0.15) is 37.8 Å². The Balaban J connectivity index is 1.60. The van der Waals surface area contributed by atoms with Crippen LogP contribution in [-0.2, 0) is 12.8 Å². The number of likely N-dealkylation sites (tertiary alicyclic amines) is 1. The Labute approximate surface area is 128 Å². The summed E-state index contributed by atoms with van der Waals surface area (Å²) in [7, 11) is 0. The van der Waals surface area contributed by atoms with Crippen molar-refractivity contribution < 1.29 is 4.74 Å². The summed E-state index contributed by atoms with van der Waals surface area (Å²) >= 11 is 0. The lowest BCUT2D eigenvalue weighted by molar-refractivity contribution is 0.0842. The third-order valence-electron chi connectivity index (χ3n) is 4.83. The average Bonchev–Trinajstić information content (AvgIpc) is 2.72. The van der Waals surface area contributed by atoms with Crippen molar-refractivity contribution in [3.05, 3.63) is 29.3 Å². The standard InChI is InChI=1S/C18H28N2O/c1-14(2)20-11-7-17(8-12-20)21-18-4-3-15-5-9-19-10-6-16(15)13-18/h3-4,13-14,17,19H,5-12H2,1-2H3. The van der Waals surface area contributed by atoms with Gasteiger partial charge in [0.05, 0.1) is 0 Å². The maximum Gasteiger partial charge on any atom is 0.120 e. The van der Waals surface area contributed by atoms with Gasteiger partial charge in [-0.1, -0.05) is 6.07 Å². The van der Waals surface area contributed by atoms with E-state index in [1.807, 2.05) is 0 Å². The van der Waals surface area contributed by atoms with Crippen LogP contribution in [0.5, 0.6) is 5.75 Å². The largest absolute Gasteiger partial charge is 0.490 e. The molecule has 2 heterocycles. The molecule has 2 aliphatic heterocycles. The van der Waals surface area contributed by atoms with Crippen LogP contribution in [0.25, 0.3) is 0 Å². The molecular weight excluding hydrogens is 260 g/mol. The third kappa shape index (κ3) is 3.78. The van der Waals surface area contributed by atoms with Gasteiger partial charge in [0, 0.05) is 19.1 Å². The van der Waals surface area contributed by atoms with Gasteiger partial charge < -0.3 is 15.0 Å². The SMILES string of the molecule is CC(C)N1CCC(Oc2ccc3c(c2)CCNCC3)CC1. The smallest absolute Gasteiger partial charge is 0.120 e. The molecule has 3 heteroatoms. The Morgan fingerprint density at radius 3 is 2.52 bits per heavy atom. The summed E-state index contributed by atoms with van der Waals surface area (Å²) in [6, 6.07) is 7.36. The molecule has 0 amide bonds. The second-order valence-corrected chi connectivity index (χ2v) is 6.63. The van der Waals surface area contributed by atoms with Crippen molar-refractivity contribution in [1.29, 1.82) is 0 Å². The predicted octanol–water partition coefficient (Wildman–Crippen LogP) is 2.63. The van der Waals surface area contributed by atoms with Crippen LogP contribution < -0.4 is 10.1 Å². The first-order valence-corrected chi connectivity index (χ1v) is 8.45. The van der Waals surface area contributed by atoms with E-state index in [-0.39, 0.29) is 0 Å². The van der Waals surface area contributed by atoms with Crippen LogP contribution in [0, 0.1) is 0 Å². The van der Waals surface area contributed by atoms with Gasteiger partial charge in [0.2, 0.25) is 0 Å². The summed E-state index contributed by atoms with van der Waals surface area (Å²) in [6.45, 7) is 9.07. The van der Waals surface area contributed by atoms with Gasteiger partial charge >= 0.3 is 0 Å². The Morgan fingerprint density at radius 2 is 1.81 bits per heavy atom. The summed E-state index contributed by atoms with van der Waals surface area (Å²) < 4.78 is 6.24. The van der Waals surface area contributed by atoms with Gasteiger partial charge in [0.1, 0.15) is 11.9 Å². The first-order chi connectivity index (χ1) is 10.2. The molecule has 1 fully saturated rings. The molecule has 0 saturated carbocycles. The van der Waals surface area contributed by atoms with Gasteiger partial charge in [0.25, 0.3) is 0 Å². The Morgan fingerprint density at radius 1 is 1.10 bits per heavy atom. The highest BCUT2D eigenvalue weighted by atomic mass is 16.5. The molecule has 1 saturated heterocycles. The molecule has 0 spiro atoms. The molecular formula is C18H28N2O. The second-order valence-electron chi connectivity index (χ2n) is 6.63. The topological polar surface area (TPSA) is 24.5 Å². The van der Waals surface area contributed by atoms with Crippen molar-refractivity contribution in [3.63, 3.8) is 0 Å². The van der Waals surface area contributed by atoms with E-state index in [0.29, 0.717) is 12.1 Å². The maximum atomic E-state index is 6.24. The first-order valence-electron chi connectivity index (χ1n) is 8.45. The lowest BCUT2D eigenvalue weighted by Crippen LogP contribution is -2.41. The van der Waals surface area contributed by atoms with Crippen LogP contribution >= 0.6 is 0 Å². The molecule has 1 aromatic carbocycles. The molecule has 0 aliphatic carbocycles. The highest BCUT2D eigenvalue weighted by Gasteiger charge is 2.22. The third-order valence-corrected chi connectivity index (χ3v) is 4.83. The average molecular weight is 288 g/mol. The van der Waals surface area contributed by atoms with E-state index < -0.39 is 0 Å². The van der Waals surface area contributed by atoms with Gasteiger partial charge in [-0.3, -0.25) is 0 Å².